The molecule has 0 spiro atoms. The van der Waals surface area contributed by atoms with E-state index in [1.165, 1.54) is 12.8 Å². The van der Waals surface area contributed by atoms with Gasteiger partial charge >= 0.3 is 0 Å². The van der Waals surface area contributed by atoms with Crippen LogP contribution in [0.2, 0.25) is 0 Å². The van der Waals surface area contributed by atoms with E-state index in [2.05, 4.69) is 16.4 Å². The monoisotopic (exact) mass is 356 g/mol. The summed E-state index contributed by atoms with van der Waals surface area (Å²) in [5.74, 6) is 1.90. The molecule has 2 fully saturated rings. The molecule has 2 heterocycles. The van der Waals surface area contributed by atoms with Crippen molar-refractivity contribution in [3.8, 4) is 6.07 Å². The highest BCUT2D eigenvalue weighted by Gasteiger charge is 2.33. The quantitative estimate of drug-likeness (QED) is 0.812. The lowest BCUT2D eigenvalue weighted by Crippen LogP contribution is -2.42. The minimum Gasteiger partial charge on any atom is -0.381 e. The number of carbonyl (C=O) groups is 1. The molecule has 0 bridgehead atoms. The number of ether oxygens (including phenoxy) is 1. The van der Waals surface area contributed by atoms with Crippen molar-refractivity contribution >= 4 is 11.7 Å². The second-order valence-electron chi connectivity index (χ2n) is 7.54. The highest BCUT2D eigenvalue weighted by atomic mass is 16.5. The standard InChI is InChI=1S/C20H28N4O2/c1-14-17(11-21)5-6-19(23-14)22-12-18(16-7-9-26-10-8-16)20(25)24(2)13-15-3-4-15/h5-6,15-16,18H,3-4,7-10,12-13H2,1-2H3,(H,22,23). The molecule has 1 amide bonds. The summed E-state index contributed by atoms with van der Waals surface area (Å²) in [5, 5.41) is 12.4. The van der Waals surface area contributed by atoms with Crippen molar-refractivity contribution in [3.63, 3.8) is 0 Å². The molecular formula is C20H28N4O2. The van der Waals surface area contributed by atoms with Gasteiger partial charge in [-0.15, -0.1) is 0 Å². The molecule has 6 heteroatoms. The summed E-state index contributed by atoms with van der Waals surface area (Å²) in [4.78, 5) is 19.4. The van der Waals surface area contributed by atoms with Gasteiger partial charge in [-0.2, -0.15) is 5.26 Å². The minimum absolute atomic E-state index is 0.0691. The van der Waals surface area contributed by atoms with E-state index in [4.69, 9.17) is 10.00 Å². The Kier molecular flexibility index (Phi) is 6.10. The molecule has 1 saturated heterocycles. The number of carbonyl (C=O) groups excluding carboxylic acids is 1. The van der Waals surface area contributed by atoms with Gasteiger partial charge in [-0.1, -0.05) is 0 Å². The number of aromatic nitrogens is 1. The molecular weight excluding hydrogens is 328 g/mol. The molecule has 1 aromatic rings. The smallest absolute Gasteiger partial charge is 0.227 e. The van der Waals surface area contributed by atoms with Gasteiger partial charge in [0.25, 0.3) is 0 Å². The summed E-state index contributed by atoms with van der Waals surface area (Å²) in [7, 11) is 1.93. The summed E-state index contributed by atoms with van der Waals surface area (Å²) in [6.45, 7) is 4.72. The number of pyridine rings is 1. The third-order valence-corrected chi connectivity index (χ3v) is 5.47. The first-order valence-corrected chi connectivity index (χ1v) is 9.53. The fourth-order valence-electron chi connectivity index (χ4n) is 3.63. The minimum atomic E-state index is -0.0691. The Morgan fingerprint density at radius 1 is 1.38 bits per heavy atom. The zero-order valence-corrected chi connectivity index (χ0v) is 15.7. The molecule has 1 N–H and O–H groups in total. The Morgan fingerprint density at radius 3 is 2.73 bits per heavy atom. The van der Waals surface area contributed by atoms with Crippen LogP contribution in [0, 0.1) is 36.0 Å². The lowest BCUT2D eigenvalue weighted by atomic mass is 9.84. The molecule has 0 radical (unpaired) electrons. The molecule has 3 rings (SSSR count). The highest BCUT2D eigenvalue weighted by molar-refractivity contribution is 5.79. The molecule has 26 heavy (non-hydrogen) atoms. The molecule has 140 valence electrons. The maximum atomic E-state index is 13.1. The van der Waals surface area contributed by atoms with Gasteiger partial charge in [-0.25, -0.2) is 4.98 Å². The largest absolute Gasteiger partial charge is 0.381 e. The molecule has 2 aliphatic rings. The molecule has 1 atom stereocenters. The topological polar surface area (TPSA) is 78.2 Å². The van der Waals surface area contributed by atoms with E-state index >= 15 is 0 Å². The number of rotatable bonds is 7. The first kappa shape index (κ1) is 18.7. The van der Waals surface area contributed by atoms with Gasteiger partial charge in [0.15, 0.2) is 0 Å². The zero-order chi connectivity index (χ0) is 18.5. The van der Waals surface area contributed by atoms with Crippen molar-refractivity contribution in [3.05, 3.63) is 23.4 Å². The summed E-state index contributed by atoms with van der Waals surface area (Å²) in [6, 6.07) is 5.71. The van der Waals surface area contributed by atoms with Crippen LogP contribution in [0.5, 0.6) is 0 Å². The van der Waals surface area contributed by atoms with Crippen LogP contribution in [0.4, 0.5) is 5.82 Å². The van der Waals surface area contributed by atoms with Crippen LogP contribution in [0.3, 0.4) is 0 Å². The van der Waals surface area contributed by atoms with E-state index in [1.54, 1.807) is 6.07 Å². The number of nitriles is 1. The van der Waals surface area contributed by atoms with E-state index in [1.807, 2.05) is 24.9 Å². The average molecular weight is 356 g/mol. The fraction of sp³-hybridized carbons (Fsp3) is 0.650. The zero-order valence-electron chi connectivity index (χ0n) is 15.7. The number of hydrogen-bond donors (Lipinski definition) is 1. The van der Waals surface area contributed by atoms with Crippen molar-refractivity contribution in [2.24, 2.45) is 17.8 Å². The molecule has 1 aliphatic carbocycles. The molecule has 6 nitrogen and oxygen atoms in total. The van der Waals surface area contributed by atoms with Crippen LogP contribution in [-0.4, -0.2) is 49.1 Å². The number of anilines is 1. The molecule has 1 aliphatic heterocycles. The Morgan fingerprint density at radius 2 is 2.12 bits per heavy atom. The molecule has 0 aromatic carbocycles. The van der Waals surface area contributed by atoms with Crippen molar-refractivity contribution in [1.29, 1.82) is 5.26 Å². The summed E-state index contributed by atoms with van der Waals surface area (Å²) >= 11 is 0. The van der Waals surface area contributed by atoms with Gasteiger partial charge < -0.3 is 15.0 Å². The second kappa shape index (κ2) is 8.50. The van der Waals surface area contributed by atoms with E-state index in [-0.39, 0.29) is 11.8 Å². The van der Waals surface area contributed by atoms with Gasteiger partial charge in [-0.3, -0.25) is 4.79 Å². The Labute approximate surface area is 155 Å². The predicted molar refractivity (Wildman–Crippen MR) is 99.6 cm³/mol. The summed E-state index contributed by atoms with van der Waals surface area (Å²) in [5.41, 5.74) is 1.29. The molecule has 1 aromatic heterocycles. The van der Waals surface area contributed by atoms with Crippen molar-refractivity contribution in [1.82, 2.24) is 9.88 Å². The third kappa shape index (κ3) is 4.73. The third-order valence-electron chi connectivity index (χ3n) is 5.47. The number of amides is 1. The van der Waals surface area contributed by atoms with Crippen LogP contribution in [0.1, 0.15) is 36.9 Å². The number of nitrogens with one attached hydrogen (secondary N) is 1. The Hall–Kier alpha value is -2.13. The van der Waals surface area contributed by atoms with Crippen LogP contribution in [0.15, 0.2) is 12.1 Å². The Bertz CT molecular complexity index is 675. The first-order chi connectivity index (χ1) is 12.6. The lowest BCUT2D eigenvalue weighted by Gasteiger charge is -2.32. The maximum absolute atomic E-state index is 13.1. The van der Waals surface area contributed by atoms with Crippen LogP contribution < -0.4 is 5.32 Å². The van der Waals surface area contributed by atoms with Crippen molar-refractivity contribution < 1.29 is 9.53 Å². The summed E-state index contributed by atoms with van der Waals surface area (Å²) < 4.78 is 5.48. The van der Waals surface area contributed by atoms with Crippen LogP contribution in [0.25, 0.3) is 0 Å². The van der Waals surface area contributed by atoms with Crippen LogP contribution >= 0.6 is 0 Å². The fourth-order valence-corrected chi connectivity index (χ4v) is 3.63. The average Bonchev–Trinajstić information content (AvgIpc) is 3.46. The van der Waals surface area contributed by atoms with Crippen molar-refractivity contribution in [2.75, 3.05) is 38.7 Å². The lowest BCUT2D eigenvalue weighted by molar-refractivity contribution is -0.137. The van der Waals surface area contributed by atoms with E-state index < -0.39 is 0 Å². The molecule has 1 unspecified atom stereocenters. The van der Waals surface area contributed by atoms with E-state index in [0.29, 0.717) is 29.6 Å². The van der Waals surface area contributed by atoms with Gasteiger partial charge in [0.1, 0.15) is 11.9 Å². The van der Waals surface area contributed by atoms with Gasteiger partial charge in [0.05, 0.1) is 17.2 Å². The van der Waals surface area contributed by atoms with Gasteiger partial charge in [0, 0.05) is 33.4 Å². The number of aryl methyl sites for hydroxylation is 1. The SMILES string of the molecule is Cc1nc(NCC(C(=O)N(C)CC2CC2)C2CCOCC2)ccc1C#N. The normalized spacial score (nSPS) is 18.8. The van der Waals surface area contributed by atoms with Crippen molar-refractivity contribution in [2.45, 2.75) is 32.6 Å². The first-order valence-electron chi connectivity index (χ1n) is 9.53. The predicted octanol–water partition coefficient (Wildman–Crippen LogP) is 2.58. The number of hydrogen-bond acceptors (Lipinski definition) is 5. The Balaban J connectivity index is 1.67. The highest BCUT2D eigenvalue weighted by Crippen LogP contribution is 2.31. The maximum Gasteiger partial charge on any atom is 0.227 e. The van der Waals surface area contributed by atoms with Gasteiger partial charge in [0.2, 0.25) is 5.91 Å². The van der Waals surface area contributed by atoms with E-state index in [0.717, 1.165) is 38.4 Å². The summed E-state index contributed by atoms with van der Waals surface area (Å²) in [6.07, 6.45) is 4.34. The second-order valence-corrected chi connectivity index (χ2v) is 7.54. The van der Waals surface area contributed by atoms with Crippen LogP contribution in [-0.2, 0) is 9.53 Å². The van der Waals surface area contributed by atoms with Gasteiger partial charge in [-0.05, 0) is 56.6 Å². The van der Waals surface area contributed by atoms with E-state index in [9.17, 15) is 4.79 Å². The number of nitrogens with zero attached hydrogens (tertiary/aromatic N) is 3. The molecule has 1 saturated carbocycles.